The van der Waals surface area contributed by atoms with Gasteiger partial charge in [-0.15, -0.1) is 11.3 Å². The summed E-state index contributed by atoms with van der Waals surface area (Å²) >= 11 is 1.53. The highest BCUT2D eigenvalue weighted by molar-refractivity contribution is 7.10. The number of rotatable bonds is 7. The summed E-state index contributed by atoms with van der Waals surface area (Å²) < 4.78 is 4.67. The fourth-order valence-corrected chi connectivity index (χ4v) is 2.43. The van der Waals surface area contributed by atoms with E-state index in [2.05, 4.69) is 23.9 Å². The van der Waals surface area contributed by atoms with Crippen LogP contribution in [0.25, 0.3) is 0 Å². The number of carbonyl (C=O) groups is 2. The molecule has 1 N–H and O–H groups in total. The third-order valence-corrected chi connectivity index (χ3v) is 3.76. The first-order valence-corrected chi connectivity index (χ1v) is 7.30. The number of esters is 1. The summed E-state index contributed by atoms with van der Waals surface area (Å²) in [5, 5.41) is 4.84. The van der Waals surface area contributed by atoms with E-state index >= 15 is 0 Å². The average molecular weight is 283 g/mol. The maximum atomic E-state index is 11.9. The number of nitrogens with one attached hydrogen (secondary N) is 1. The number of amides is 1. The molecule has 1 heterocycles. The van der Waals surface area contributed by atoms with Gasteiger partial charge in [-0.2, -0.15) is 0 Å². The summed E-state index contributed by atoms with van der Waals surface area (Å²) in [4.78, 5) is 24.2. The molecule has 106 valence electrons. The minimum absolute atomic E-state index is 0.0176. The summed E-state index contributed by atoms with van der Waals surface area (Å²) in [5.74, 6) is 0.158. The molecule has 0 saturated carbocycles. The van der Waals surface area contributed by atoms with E-state index in [9.17, 15) is 9.59 Å². The quantitative estimate of drug-likeness (QED) is 0.783. The number of ether oxygens (including phenoxy) is 1. The van der Waals surface area contributed by atoms with E-state index in [-0.39, 0.29) is 24.3 Å². The fraction of sp³-hybridized carbons (Fsp3) is 0.571. The predicted octanol–water partition coefficient (Wildman–Crippen LogP) is 2.90. The van der Waals surface area contributed by atoms with E-state index < -0.39 is 0 Å². The van der Waals surface area contributed by atoms with Crippen molar-refractivity contribution < 1.29 is 14.3 Å². The topological polar surface area (TPSA) is 55.4 Å². The van der Waals surface area contributed by atoms with Crippen LogP contribution in [-0.4, -0.2) is 19.0 Å². The van der Waals surface area contributed by atoms with Gasteiger partial charge in [0.15, 0.2) is 0 Å². The van der Waals surface area contributed by atoms with Crippen molar-refractivity contribution in [2.75, 3.05) is 7.11 Å². The van der Waals surface area contributed by atoms with Gasteiger partial charge in [0.25, 0.3) is 0 Å². The van der Waals surface area contributed by atoms with Gasteiger partial charge in [0, 0.05) is 11.3 Å². The third kappa shape index (κ3) is 5.87. The van der Waals surface area contributed by atoms with Crippen LogP contribution in [0.15, 0.2) is 17.5 Å². The van der Waals surface area contributed by atoms with E-state index in [1.807, 2.05) is 17.5 Å². The molecular weight excluding hydrogens is 262 g/mol. The Labute approximate surface area is 118 Å². The zero-order valence-electron chi connectivity index (χ0n) is 11.6. The second-order valence-electron chi connectivity index (χ2n) is 4.85. The molecule has 1 rings (SSSR count). The van der Waals surface area contributed by atoms with Gasteiger partial charge in [-0.3, -0.25) is 9.59 Å². The second kappa shape index (κ2) is 7.94. The molecule has 1 amide bonds. The molecular formula is C14H21NO3S. The smallest absolute Gasteiger partial charge is 0.307 e. The molecule has 0 saturated heterocycles. The number of hydrogen-bond acceptors (Lipinski definition) is 4. The van der Waals surface area contributed by atoms with E-state index in [1.54, 1.807) is 0 Å². The largest absolute Gasteiger partial charge is 0.469 e. The first-order valence-electron chi connectivity index (χ1n) is 6.42. The van der Waals surface area contributed by atoms with Crippen LogP contribution in [0.3, 0.4) is 0 Å². The Balaban J connectivity index is 2.59. The van der Waals surface area contributed by atoms with Gasteiger partial charge in [-0.05, 0) is 23.8 Å². The summed E-state index contributed by atoms with van der Waals surface area (Å²) in [7, 11) is 1.36. The molecule has 0 aromatic carbocycles. The molecule has 0 aliphatic rings. The van der Waals surface area contributed by atoms with Crippen LogP contribution in [-0.2, 0) is 14.3 Å². The van der Waals surface area contributed by atoms with Crippen molar-refractivity contribution in [1.82, 2.24) is 5.32 Å². The van der Waals surface area contributed by atoms with Crippen molar-refractivity contribution in [3.63, 3.8) is 0 Å². The van der Waals surface area contributed by atoms with Crippen molar-refractivity contribution in [3.8, 4) is 0 Å². The Hall–Kier alpha value is -1.36. The summed E-state index contributed by atoms with van der Waals surface area (Å²) in [5.41, 5.74) is 0. The van der Waals surface area contributed by atoms with Crippen molar-refractivity contribution in [3.05, 3.63) is 22.4 Å². The maximum Gasteiger partial charge on any atom is 0.307 e. The highest BCUT2D eigenvalue weighted by Gasteiger charge is 2.19. The van der Waals surface area contributed by atoms with Gasteiger partial charge >= 0.3 is 5.97 Å². The lowest BCUT2D eigenvalue weighted by atomic mass is 10.1. The molecule has 0 spiro atoms. The van der Waals surface area contributed by atoms with E-state index in [4.69, 9.17) is 0 Å². The molecule has 1 aromatic heterocycles. The molecule has 1 unspecified atom stereocenters. The molecule has 0 aliphatic carbocycles. The van der Waals surface area contributed by atoms with Crippen molar-refractivity contribution >= 4 is 23.2 Å². The maximum absolute atomic E-state index is 11.9. The van der Waals surface area contributed by atoms with Gasteiger partial charge in [0.2, 0.25) is 5.91 Å². The monoisotopic (exact) mass is 283 g/mol. The second-order valence-corrected chi connectivity index (χ2v) is 5.83. The summed E-state index contributed by atoms with van der Waals surface area (Å²) in [6.07, 6.45) is 1.51. The van der Waals surface area contributed by atoms with Crippen molar-refractivity contribution in [2.45, 2.75) is 39.2 Å². The molecule has 0 fully saturated rings. The Morgan fingerprint density at radius 1 is 1.42 bits per heavy atom. The molecule has 4 nitrogen and oxygen atoms in total. The Kier molecular flexibility index (Phi) is 6.56. The van der Waals surface area contributed by atoms with Crippen LogP contribution in [0, 0.1) is 5.92 Å². The number of hydrogen-bond donors (Lipinski definition) is 1. The average Bonchev–Trinajstić information content (AvgIpc) is 2.89. The summed E-state index contributed by atoms with van der Waals surface area (Å²) in [6, 6.07) is 3.54. The number of thiophene rings is 1. The molecule has 19 heavy (non-hydrogen) atoms. The summed E-state index contributed by atoms with van der Waals surface area (Å²) in [6.45, 7) is 4.16. The highest BCUT2D eigenvalue weighted by atomic mass is 32.1. The lowest BCUT2D eigenvalue weighted by Crippen LogP contribution is -2.30. The molecule has 5 heteroatoms. The van der Waals surface area contributed by atoms with Crippen LogP contribution in [0.1, 0.15) is 44.0 Å². The minimum Gasteiger partial charge on any atom is -0.469 e. The Bertz CT molecular complexity index is 401. The minimum atomic E-state index is -0.317. The number of methoxy groups -OCH3 is 1. The van der Waals surface area contributed by atoms with Crippen molar-refractivity contribution in [2.24, 2.45) is 5.92 Å². The number of carbonyl (C=O) groups excluding carboxylic acids is 2. The molecule has 1 atom stereocenters. The molecule has 0 radical (unpaired) electrons. The first-order chi connectivity index (χ1) is 9.02. The first kappa shape index (κ1) is 15.7. The Morgan fingerprint density at radius 2 is 2.16 bits per heavy atom. The highest BCUT2D eigenvalue weighted by Crippen LogP contribution is 2.22. The van der Waals surface area contributed by atoms with Crippen LogP contribution in [0.5, 0.6) is 0 Å². The normalized spacial score (nSPS) is 12.2. The zero-order chi connectivity index (χ0) is 14.3. The SMILES string of the molecule is COC(=O)CC(NC(=O)CCC(C)C)c1cccs1. The predicted molar refractivity (Wildman–Crippen MR) is 75.9 cm³/mol. The van der Waals surface area contributed by atoms with Gasteiger partial charge in [-0.1, -0.05) is 19.9 Å². The van der Waals surface area contributed by atoms with Crippen LogP contribution >= 0.6 is 11.3 Å². The van der Waals surface area contributed by atoms with E-state index in [1.165, 1.54) is 18.4 Å². The molecule has 0 bridgehead atoms. The Morgan fingerprint density at radius 3 is 2.68 bits per heavy atom. The van der Waals surface area contributed by atoms with Gasteiger partial charge < -0.3 is 10.1 Å². The molecule has 0 aliphatic heterocycles. The van der Waals surface area contributed by atoms with Gasteiger partial charge in [0.1, 0.15) is 0 Å². The van der Waals surface area contributed by atoms with E-state index in [0.29, 0.717) is 12.3 Å². The van der Waals surface area contributed by atoms with Crippen LogP contribution in [0.2, 0.25) is 0 Å². The standard InChI is InChI=1S/C14H21NO3S/c1-10(2)6-7-13(16)15-11(9-14(17)18-3)12-5-4-8-19-12/h4-5,8,10-11H,6-7,9H2,1-3H3,(H,15,16). The lowest BCUT2D eigenvalue weighted by Gasteiger charge is -2.16. The lowest BCUT2D eigenvalue weighted by molar-refractivity contribution is -0.141. The van der Waals surface area contributed by atoms with E-state index in [0.717, 1.165) is 11.3 Å². The van der Waals surface area contributed by atoms with Gasteiger partial charge in [0.05, 0.1) is 19.6 Å². The third-order valence-electron chi connectivity index (χ3n) is 2.77. The van der Waals surface area contributed by atoms with Crippen LogP contribution < -0.4 is 5.32 Å². The zero-order valence-corrected chi connectivity index (χ0v) is 12.5. The fourth-order valence-electron chi connectivity index (χ4n) is 1.65. The molecule has 1 aromatic rings. The van der Waals surface area contributed by atoms with Crippen molar-refractivity contribution in [1.29, 1.82) is 0 Å². The van der Waals surface area contributed by atoms with Gasteiger partial charge in [-0.25, -0.2) is 0 Å². The van der Waals surface area contributed by atoms with Crippen LogP contribution in [0.4, 0.5) is 0 Å².